The smallest absolute Gasteiger partial charge is 0.306 e. The van der Waals surface area contributed by atoms with E-state index in [9.17, 15) is 14.4 Å². The van der Waals surface area contributed by atoms with Gasteiger partial charge in [-0.15, -0.1) is 0 Å². The van der Waals surface area contributed by atoms with E-state index in [1.54, 1.807) is 0 Å². The Morgan fingerprint density at radius 1 is 0.259 bits per heavy atom. The van der Waals surface area contributed by atoms with Gasteiger partial charge in [-0.2, -0.15) is 0 Å². The molecule has 0 fully saturated rings. The van der Waals surface area contributed by atoms with Gasteiger partial charge in [-0.1, -0.05) is 290 Å². The third-order valence-corrected chi connectivity index (χ3v) is 14.4. The maximum atomic E-state index is 12.9. The normalized spacial score (nSPS) is 12.9. The van der Waals surface area contributed by atoms with Gasteiger partial charge >= 0.3 is 17.9 Å². The molecule has 0 aliphatic rings. The van der Waals surface area contributed by atoms with Crippen LogP contribution in [0.1, 0.15) is 316 Å². The first-order valence-electron chi connectivity index (χ1n) is 34.0. The van der Waals surface area contributed by atoms with Crippen LogP contribution in [0.2, 0.25) is 0 Å². The number of esters is 3. The van der Waals surface area contributed by atoms with Crippen LogP contribution in [0.15, 0.2) is 122 Å². The molecule has 0 aromatic heterocycles. The topological polar surface area (TPSA) is 78.9 Å². The molecule has 0 aliphatic heterocycles. The third-order valence-electron chi connectivity index (χ3n) is 14.4. The number of rotatable bonds is 61. The SMILES string of the molecule is CC/C=C\C/C=C\C/C=C\C/C=C\CCCCCCCCC(=O)OC(COC(=O)CCCCCCC/C=C\C/C=C\C/C=C\CC)COC(=O)CCCCCCCCCCCCCCCC/C=C\C/C=C\C/C=C\CCCCCCC. The maximum absolute atomic E-state index is 12.9. The second-order valence-corrected chi connectivity index (χ2v) is 22.3. The number of allylic oxidation sites excluding steroid dienone is 20. The van der Waals surface area contributed by atoms with E-state index in [4.69, 9.17) is 14.2 Å². The highest BCUT2D eigenvalue weighted by Crippen LogP contribution is 2.16. The van der Waals surface area contributed by atoms with Crippen molar-refractivity contribution in [1.82, 2.24) is 0 Å². The lowest BCUT2D eigenvalue weighted by molar-refractivity contribution is -0.167. The molecule has 1 atom stereocenters. The summed E-state index contributed by atoms with van der Waals surface area (Å²) in [6.45, 7) is 6.40. The zero-order valence-electron chi connectivity index (χ0n) is 53.0. The third kappa shape index (κ3) is 66.5. The average Bonchev–Trinajstić information content (AvgIpc) is 3.47. The molecule has 0 N–H and O–H groups in total. The van der Waals surface area contributed by atoms with Gasteiger partial charge in [0.2, 0.25) is 0 Å². The maximum Gasteiger partial charge on any atom is 0.306 e. The summed E-state index contributed by atoms with van der Waals surface area (Å²) in [5.41, 5.74) is 0. The molecule has 0 aliphatic carbocycles. The number of carbonyl (C=O) groups is 3. The highest BCUT2D eigenvalue weighted by molar-refractivity contribution is 5.71. The van der Waals surface area contributed by atoms with Crippen LogP contribution in [0.25, 0.3) is 0 Å². The lowest BCUT2D eigenvalue weighted by Gasteiger charge is -2.18. The molecule has 6 heteroatoms. The van der Waals surface area contributed by atoms with E-state index in [2.05, 4.69) is 142 Å². The fourth-order valence-corrected chi connectivity index (χ4v) is 9.40. The van der Waals surface area contributed by atoms with E-state index in [0.717, 1.165) is 148 Å². The summed E-state index contributed by atoms with van der Waals surface area (Å²) in [4.78, 5) is 38.4. The van der Waals surface area contributed by atoms with Crippen molar-refractivity contribution in [1.29, 1.82) is 0 Å². The van der Waals surface area contributed by atoms with E-state index < -0.39 is 6.10 Å². The Morgan fingerprint density at radius 2 is 0.481 bits per heavy atom. The van der Waals surface area contributed by atoms with Crippen LogP contribution in [-0.2, 0) is 28.6 Å². The molecule has 0 bridgehead atoms. The first-order valence-corrected chi connectivity index (χ1v) is 34.0. The fraction of sp³-hybridized carbons (Fsp3) is 0.693. The molecule has 462 valence electrons. The first kappa shape index (κ1) is 76.8. The van der Waals surface area contributed by atoms with Crippen LogP contribution < -0.4 is 0 Å². The van der Waals surface area contributed by atoms with Crippen molar-refractivity contribution >= 4 is 17.9 Å². The van der Waals surface area contributed by atoms with Crippen molar-refractivity contribution in [3.8, 4) is 0 Å². The summed E-state index contributed by atoms with van der Waals surface area (Å²) >= 11 is 0. The van der Waals surface area contributed by atoms with E-state index >= 15 is 0 Å². The summed E-state index contributed by atoms with van der Waals surface area (Å²) in [5.74, 6) is -0.916. The van der Waals surface area contributed by atoms with Gasteiger partial charge in [0.15, 0.2) is 6.10 Å². The molecule has 0 aromatic carbocycles. The Bertz CT molecular complexity index is 1670. The highest BCUT2D eigenvalue weighted by atomic mass is 16.6. The minimum absolute atomic E-state index is 0.0912. The van der Waals surface area contributed by atoms with Crippen molar-refractivity contribution in [2.24, 2.45) is 0 Å². The van der Waals surface area contributed by atoms with Gasteiger partial charge in [-0.05, 0) is 128 Å². The summed E-state index contributed by atoms with van der Waals surface area (Å²) in [5, 5.41) is 0. The molecular weight excluding hydrogens is 997 g/mol. The van der Waals surface area contributed by atoms with Crippen molar-refractivity contribution < 1.29 is 28.6 Å². The lowest BCUT2D eigenvalue weighted by Crippen LogP contribution is -2.30. The minimum atomic E-state index is -0.798. The molecule has 1 unspecified atom stereocenters. The van der Waals surface area contributed by atoms with Gasteiger partial charge in [0, 0.05) is 19.3 Å². The Labute approximate surface area is 501 Å². The predicted molar refractivity (Wildman–Crippen MR) is 353 cm³/mol. The van der Waals surface area contributed by atoms with Crippen molar-refractivity contribution in [2.45, 2.75) is 322 Å². The summed E-state index contributed by atoms with van der Waals surface area (Å²) in [7, 11) is 0. The van der Waals surface area contributed by atoms with E-state index in [1.807, 2.05) is 0 Å². The first-order chi connectivity index (χ1) is 40.0. The zero-order chi connectivity index (χ0) is 58.5. The number of carbonyl (C=O) groups excluding carboxylic acids is 3. The van der Waals surface area contributed by atoms with Crippen LogP contribution in [0.5, 0.6) is 0 Å². The van der Waals surface area contributed by atoms with E-state index in [1.165, 1.54) is 128 Å². The van der Waals surface area contributed by atoms with Crippen molar-refractivity contribution in [3.05, 3.63) is 122 Å². The minimum Gasteiger partial charge on any atom is -0.462 e. The van der Waals surface area contributed by atoms with Gasteiger partial charge in [-0.25, -0.2) is 0 Å². The number of ether oxygens (including phenoxy) is 3. The number of hydrogen-bond acceptors (Lipinski definition) is 6. The van der Waals surface area contributed by atoms with Gasteiger partial charge in [-0.3, -0.25) is 14.4 Å². The van der Waals surface area contributed by atoms with Gasteiger partial charge < -0.3 is 14.2 Å². The molecule has 0 radical (unpaired) electrons. The number of hydrogen-bond donors (Lipinski definition) is 0. The second kappa shape index (κ2) is 68.3. The molecule has 0 saturated heterocycles. The molecule has 0 saturated carbocycles. The largest absolute Gasteiger partial charge is 0.462 e. The molecule has 6 nitrogen and oxygen atoms in total. The van der Waals surface area contributed by atoms with E-state index in [0.29, 0.717) is 19.3 Å². The van der Waals surface area contributed by atoms with Gasteiger partial charge in [0.1, 0.15) is 13.2 Å². The zero-order valence-corrected chi connectivity index (χ0v) is 53.0. The monoisotopic (exact) mass is 1120 g/mol. The molecule has 0 amide bonds. The molecule has 81 heavy (non-hydrogen) atoms. The van der Waals surface area contributed by atoms with Crippen LogP contribution in [0, 0.1) is 0 Å². The van der Waals surface area contributed by atoms with E-state index in [-0.39, 0.29) is 31.1 Å². The highest BCUT2D eigenvalue weighted by Gasteiger charge is 2.19. The fourth-order valence-electron chi connectivity index (χ4n) is 9.40. The molecule has 0 heterocycles. The molecule has 0 aromatic rings. The van der Waals surface area contributed by atoms with Crippen LogP contribution in [0.4, 0.5) is 0 Å². The molecular formula is C75H126O6. The quantitative estimate of drug-likeness (QED) is 0.0261. The summed E-state index contributed by atoms with van der Waals surface area (Å²) in [6.07, 6.45) is 95.0. The summed E-state index contributed by atoms with van der Waals surface area (Å²) in [6, 6.07) is 0. The van der Waals surface area contributed by atoms with Crippen LogP contribution >= 0.6 is 0 Å². The van der Waals surface area contributed by atoms with Gasteiger partial charge in [0.05, 0.1) is 0 Å². The number of unbranched alkanes of at least 4 members (excludes halogenated alkanes) is 30. The summed E-state index contributed by atoms with van der Waals surface area (Å²) < 4.78 is 16.9. The van der Waals surface area contributed by atoms with Crippen LogP contribution in [-0.4, -0.2) is 37.2 Å². The Kier molecular flexibility index (Phi) is 64.8. The van der Waals surface area contributed by atoms with Crippen molar-refractivity contribution in [2.75, 3.05) is 13.2 Å². The van der Waals surface area contributed by atoms with Crippen LogP contribution in [0.3, 0.4) is 0 Å². The Morgan fingerprint density at radius 3 is 0.753 bits per heavy atom. The molecule has 0 spiro atoms. The average molecular weight is 1120 g/mol. The Hall–Kier alpha value is -4.19. The second-order valence-electron chi connectivity index (χ2n) is 22.3. The lowest BCUT2D eigenvalue weighted by atomic mass is 10.0. The molecule has 0 rings (SSSR count). The standard InChI is InChI=1S/C75H126O6/c1-4-7-10-13-16-19-22-25-28-30-32-33-34-35-36-37-38-39-40-41-43-44-47-50-53-56-59-62-65-68-74(77)80-71-72(70-79-73(76)67-64-61-58-55-52-49-46-27-24-21-18-15-12-9-6-3)81-75(78)69-66-63-60-57-54-51-48-45-42-31-29-26-23-20-17-14-11-8-5-2/h8-9,11-12,17-18,20-22,25-27,29-30,32,34-35,42,45-46,72H,4-7,10,13-16,19,23-24,28,31,33,36-41,43-44,47-71H2,1-3H3/b11-8-,12-9-,20-17-,21-18-,25-22-,29-26-,32-30-,35-34-,45-42-,46-27-. The van der Waals surface area contributed by atoms with Gasteiger partial charge in [0.25, 0.3) is 0 Å². The predicted octanol–water partition coefficient (Wildman–Crippen LogP) is 23.6. The van der Waals surface area contributed by atoms with Crippen molar-refractivity contribution in [3.63, 3.8) is 0 Å². The Balaban J connectivity index is 4.32.